The van der Waals surface area contributed by atoms with Gasteiger partial charge >= 0.3 is 11.8 Å². The van der Waals surface area contributed by atoms with Gasteiger partial charge in [-0.05, 0) is 24.3 Å². The first kappa shape index (κ1) is 14.2. The third-order valence-corrected chi connectivity index (χ3v) is 2.00. The Bertz CT molecular complexity index is 531. The number of hydrogen-bond donors (Lipinski definition) is 3. The highest BCUT2D eigenvalue weighted by Crippen LogP contribution is 2.13. The largest absolute Gasteiger partial charge is 0.335 e. The Hall–Kier alpha value is -2.88. The summed E-state index contributed by atoms with van der Waals surface area (Å²) in [6.07, 6.45) is 0. The topological polar surface area (TPSA) is 111 Å². The minimum atomic E-state index is -0.882. The van der Waals surface area contributed by atoms with E-state index in [0.29, 0.717) is 11.4 Å². The number of nitrogens with zero attached hydrogens (tertiary/aromatic N) is 1. The van der Waals surface area contributed by atoms with Crippen LogP contribution in [0.3, 0.4) is 0 Å². The number of carbonyl (C=O) groups is 3. The smallest absolute Gasteiger partial charge is 0.313 e. The van der Waals surface area contributed by atoms with Crippen molar-refractivity contribution < 1.29 is 14.4 Å². The quantitative estimate of drug-likeness (QED) is 0.533. The van der Waals surface area contributed by atoms with Crippen molar-refractivity contribution in [2.45, 2.75) is 6.92 Å². The fraction of sp³-hybridized carbons (Fsp3) is 0.167. The van der Waals surface area contributed by atoms with Crippen molar-refractivity contribution in [2.24, 2.45) is 0 Å². The molecule has 0 saturated carbocycles. The normalized spacial score (nSPS) is 9.05. The second kappa shape index (κ2) is 6.76. The third-order valence-electron chi connectivity index (χ3n) is 2.00. The Morgan fingerprint density at radius 1 is 1.05 bits per heavy atom. The summed E-state index contributed by atoms with van der Waals surface area (Å²) in [6, 6.07) is 7.95. The lowest BCUT2D eigenvalue weighted by molar-refractivity contribution is -0.136. The molecule has 1 rings (SSSR count). The summed E-state index contributed by atoms with van der Waals surface area (Å²) in [6.45, 7) is 1.16. The Kier molecular flexibility index (Phi) is 5.04. The summed E-state index contributed by atoms with van der Waals surface area (Å²) in [5, 5.41) is 15.3. The van der Waals surface area contributed by atoms with Crippen LogP contribution in [-0.2, 0) is 14.4 Å². The molecule has 0 spiro atoms. The van der Waals surface area contributed by atoms with Crippen LogP contribution in [0.25, 0.3) is 0 Å². The summed E-state index contributed by atoms with van der Waals surface area (Å²) < 4.78 is 0. The van der Waals surface area contributed by atoms with Crippen molar-refractivity contribution in [3.8, 4) is 6.07 Å². The number of carbonyl (C=O) groups excluding carboxylic acids is 3. The van der Waals surface area contributed by atoms with Crippen LogP contribution in [0, 0.1) is 11.3 Å². The molecule has 0 unspecified atom stereocenters. The van der Waals surface area contributed by atoms with Gasteiger partial charge in [-0.25, -0.2) is 0 Å². The highest BCUT2D eigenvalue weighted by Gasteiger charge is 2.12. The van der Waals surface area contributed by atoms with Gasteiger partial charge in [0.25, 0.3) is 0 Å². The van der Waals surface area contributed by atoms with Crippen LogP contribution in [0.4, 0.5) is 11.4 Å². The number of nitrogens with one attached hydrogen (secondary N) is 3. The van der Waals surface area contributed by atoms with E-state index in [1.54, 1.807) is 30.3 Å². The molecule has 3 N–H and O–H groups in total. The molecule has 7 heteroatoms. The van der Waals surface area contributed by atoms with Gasteiger partial charge in [-0.15, -0.1) is 0 Å². The SMILES string of the molecule is CC(=O)Nc1ccc(NC(=O)C(=O)NCC#N)cc1. The van der Waals surface area contributed by atoms with E-state index in [1.165, 1.54) is 6.92 Å². The molecule has 0 fully saturated rings. The molecular weight excluding hydrogens is 248 g/mol. The van der Waals surface area contributed by atoms with Gasteiger partial charge in [0.2, 0.25) is 5.91 Å². The van der Waals surface area contributed by atoms with Gasteiger partial charge in [-0.3, -0.25) is 14.4 Å². The van der Waals surface area contributed by atoms with E-state index in [1.807, 2.05) is 0 Å². The monoisotopic (exact) mass is 260 g/mol. The summed E-state index contributed by atoms with van der Waals surface area (Å²) >= 11 is 0. The second-order valence-corrected chi connectivity index (χ2v) is 3.55. The van der Waals surface area contributed by atoms with E-state index in [9.17, 15) is 14.4 Å². The van der Waals surface area contributed by atoms with Crippen molar-refractivity contribution in [1.29, 1.82) is 5.26 Å². The predicted octanol–water partition coefficient (Wildman–Crippen LogP) is 0.223. The van der Waals surface area contributed by atoms with Crippen LogP contribution in [0.2, 0.25) is 0 Å². The zero-order valence-corrected chi connectivity index (χ0v) is 10.2. The zero-order chi connectivity index (χ0) is 14.3. The molecule has 0 radical (unpaired) electrons. The van der Waals surface area contributed by atoms with Crippen LogP contribution < -0.4 is 16.0 Å². The maximum Gasteiger partial charge on any atom is 0.313 e. The van der Waals surface area contributed by atoms with Crippen molar-refractivity contribution in [1.82, 2.24) is 5.32 Å². The number of anilines is 2. The summed E-state index contributed by atoms with van der Waals surface area (Å²) in [5.41, 5.74) is 0.991. The highest BCUT2D eigenvalue weighted by molar-refractivity contribution is 6.39. The van der Waals surface area contributed by atoms with E-state index in [4.69, 9.17) is 5.26 Å². The van der Waals surface area contributed by atoms with E-state index in [2.05, 4.69) is 16.0 Å². The first-order valence-electron chi connectivity index (χ1n) is 5.36. The molecule has 0 aromatic heterocycles. The lowest BCUT2D eigenvalue weighted by Crippen LogP contribution is -2.35. The van der Waals surface area contributed by atoms with E-state index in [-0.39, 0.29) is 12.5 Å². The molecule has 0 bridgehead atoms. The molecule has 0 saturated heterocycles. The van der Waals surface area contributed by atoms with Crippen LogP contribution in [0.1, 0.15) is 6.92 Å². The van der Waals surface area contributed by atoms with Crippen molar-refractivity contribution in [2.75, 3.05) is 17.2 Å². The molecule has 3 amide bonds. The van der Waals surface area contributed by atoms with Crippen molar-refractivity contribution >= 4 is 29.1 Å². The minimum Gasteiger partial charge on any atom is -0.335 e. The van der Waals surface area contributed by atoms with E-state index < -0.39 is 11.8 Å². The minimum absolute atomic E-state index is 0.201. The standard InChI is InChI=1S/C12H12N4O3/c1-8(17)15-9-2-4-10(5-3-9)16-12(19)11(18)14-7-6-13/h2-5H,7H2,1H3,(H,14,18)(H,15,17)(H,16,19). The molecule has 7 nitrogen and oxygen atoms in total. The molecule has 19 heavy (non-hydrogen) atoms. The van der Waals surface area contributed by atoms with Gasteiger partial charge in [0.1, 0.15) is 6.54 Å². The highest BCUT2D eigenvalue weighted by atomic mass is 16.2. The molecule has 0 aliphatic rings. The zero-order valence-electron chi connectivity index (χ0n) is 10.2. The fourth-order valence-corrected chi connectivity index (χ4v) is 1.23. The van der Waals surface area contributed by atoms with Crippen molar-refractivity contribution in [3.05, 3.63) is 24.3 Å². The Morgan fingerprint density at radius 3 is 2.05 bits per heavy atom. The third kappa shape index (κ3) is 4.87. The number of hydrogen-bond acceptors (Lipinski definition) is 4. The number of benzene rings is 1. The maximum absolute atomic E-state index is 11.4. The first-order chi connectivity index (χ1) is 9.02. The first-order valence-corrected chi connectivity index (χ1v) is 5.36. The second-order valence-electron chi connectivity index (χ2n) is 3.55. The average molecular weight is 260 g/mol. The van der Waals surface area contributed by atoms with E-state index >= 15 is 0 Å². The lowest BCUT2D eigenvalue weighted by atomic mass is 10.2. The van der Waals surface area contributed by atoms with Crippen LogP contribution >= 0.6 is 0 Å². The molecule has 0 atom stereocenters. The molecule has 1 aromatic rings. The van der Waals surface area contributed by atoms with Crippen LogP contribution in [-0.4, -0.2) is 24.3 Å². The van der Waals surface area contributed by atoms with Gasteiger partial charge in [-0.1, -0.05) is 0 Å². The Morgan fingerprint density at radius 2 is 1.58 bits per heavy atom. The van der Waals surface area contributed by atoms with Gasteiger partial charge in [-0.2, -0.15) is 5.26 Å². The average Bonchev–Trinajstić information content (AvgIpc) is 2.37. The molecule has 98 valence electrons. The van der Waals surface area contributed by atoms with Gasteiger partial charge in [0, 0.05) is 18.3 Å². The van der Waals surface area contributed by atoms with Gasteiger partial charge < -0.3 is 16.0 Å². The lowest BCUT2D eigenvalue weighted by Gasteiger charge is -2.06. The number of amides is 3. The maximum atomic E-state index is 11.4. The number of nitriles is 1. The molecule has 0 heterocycles. The summed E-state index contributed by atoms with van der Waals surface area (Å²) in [7, 11) is 0. The summed E-state index contributed by atoms with van der Waals surface area (Å²) in [5.74, 6) is -1.94. The molecule has 0 aliphatic carbocycles. The summed E-state index contributed by atoms with van der Waals surface area (Å²) in [4.78, 5) is 33.4. The number of rotatable bonds is 3. The van der Waals surface area contributed by atoms with Crippen molar-refractivity contribution in [3.63, 3.8) is 0 Å². The predicted molar refractivity (Wildman–Crippen MR) is 68.0 cm³/mol. The Labute approximate surface area is 109 Å². The molecule has 0 aliphatic heterocycles. The Balaban J connectivity index is 2.58. The van der Waals surface area contributed by atoms with Crippen LogP contribution in [0.5, 0.6) is 0 Å². The van der Waals surface area contributed by atoms with Crippen LogP contribution in [0.15, 0.2) is 24.3 Å². The molecular formula is C12H12N4O3. The fourth-order valence-electron chi connectivity index (χ4n) is 1.23. The molecule has 1 aromatic carbocycles. The van der Waals surface area contributed by atoms with E-state index in [0.717, 1.165) is 0 Å². The van der Waals surface area contributed by atoms with Gasteiger partial charge in [0.05, 0.1) is 6.07 Å². The van der Waals surface area contributed by atoms with Gasteiger partial charge in [0.15, 0.2) is 0 Å².